The number of H-pyrrole nitrogens is 1. The molecule has 0 unspecified atom stereocenters. The quantitative estimate of drug-likeness (QED) is 0.418. The van der Waals surface area contributed by atoms with Gasteiger partial charge in [0.2, 0.25) is 0 Å². The second-order valence-corrected chi connectivity index (χ2v) is 9.62. The van der Waals surface area contributed by atoms with E-state index in [2.05, 4.69) is 41.0 Å². The van der Waals surface area contributed by atoms with E-state index in [1.807, 2.05) is 17.5 Å². The van der Waals surface area contributed by atoms with Crippen molar-refractivity contribution in [3.05, 3.63) is 27.8 Å². The van der Waals surface area contributed by atoms with Crippen molar-refractivity contribution in [2.24, 2.45) is 10.7 Å². The number of aromatic amines is 1. The Hall–Kier alpha value is -2.38. The third-order valence-corrected chi connectivity index (χ3v) is 7.80. The molecule has 2 aliphatic rings. The van der Waals surface area contributed by atoms with E-state index >= 15 is 0 Å². The summed E-state index contributed by atoms with van der Waals surface area (Å²) in [5, 5.41) is 4.90. The van der Waals surface area contributed by atoms with E-state index in [0.29, 0.717) is 24.3 Å². The maximum absolute atomic E-state index is 5.87. The van der Waals surface area contributed by atoms with Crippen molar-refractivity contribution in [2.75, 3.05) is 19.7 Å². The van der Waals surface area contributed by atoms with Gasteiger partial charge in [0.05, 0.1) is 18.6 Å². The van der Waals surface area contributed by atoms with Gasteiger partial charge < -0.3 is 20.8 Å². The number of thiophene rings is 1. The first-order chi connectivity index (χ1) is 14.6. The molecule has 4 N–H and O–H groups in total. The number of nitrogens with two attached hydrogens (primary N) is 1. The molecule has 1 fully saturated rings. The fourth-order valence-corrected chi connectivity index (χ4v) is 6.46. The van der Waals surface area contributed by atoms with Gasteiger partial charge in [0, 0.05) is 34.0 Å². The van der Waals surface area contributed by atoms with Crippen LogP contribution in [0, 0.1) is 6.92 Å². The van der Waals surface area contributed by atoms with Crippen molar-refractivity contribution < 1.29 is 4.74 Å². The number of nitrogens with zero attached hydrogens (tertiary/aromatic N) is 2. The number of hydrogen-bond acceptors (Lipinski definition) is 5. The molecule has 5 rings (SSSR count). The predicted molar refractivity (Wildman–Crippen MR) is 125 cm³/mol. The lowest BCUT2D eigenvalue weighted by molar-refractivity contribution is 0.357. The van der Waals surface area contributed by atoms with Crippen LogP contribution >= 0.6 is 11.3 Å². The Morgan fingerprint density at radius 1 is 1.33 bits per heavy atom. The highest BCUT2D eigenvalue weighted by Crippen LogP contribution is 2.48. The van der Waals surface area contributed by atoms with Gasteiger partial charge in [-0.05, 0) is 55.8 Å². The van der Waals surface area contributed by atoms with Crippen LogP contribution in [0.4, 0.5) is 5.82 Å². The second-order valence-electron chi connectivity index (χ2n) is 8.57. The maximum atomic E-state index is 5.87. The number of piperidine rings is 1. The summed E-state index contributed by atoms with van der Waals surface area (Å²) in [5.41, 5.74) is 11.8. The second kappa shape index (κ2) is 7.71. The SMILES string of the molecule is Cc1c(C2CCNCC2)sc2[nH]c(-c3cnc(N=CN)c4c3CCO4)c(C(C)C)c12. The lowest BCUT2D eigenvalue weighted by atomic mass is 9.90. The van der Waals surface area contributed by atoms with Crippen LogP contribution in [0.5, 0.6) is 5.75 Å². The van der Waals surface area contributed by atoms with E-state index in [0.717, 1.165) is 30.8 Å². The minimum absolute atomic E-state index is 0.405. The Kier molecular flexibility index (Phi) is 5.03. The molecule has 0 bridgehead atoms. The van der Waals surface area contributed by atoms with Gasteiger partial charge in [-0.25, -0.2) is 9.98 Å². The summed E-state index contributed by atoms with van der Waals surface area (Å²) in [4.78, 5) is 15.4. The summed E-state index contributed by atoms with van der Waals surface area (Å²) in [6.45, 7) is 9.77. The Balaban J connectivity index is 1.68. The molecule has 0 spiro atoms. The van der Waals surface area contributed by atoms with Gasteiger partial charge in [0.15, 0.2) is 11.6 Å². The molecule has 2 aliphatic heterocycles. The van der Waals surface area contributed by atoms with E-state index in [1.165, 1.54) is 51.8 Å². The van der Waals surface area contributed by atoms with Gasteiger partial charge in [-0.1, -0.05) is 13.8 Å². The summed E-state index contributed by atoms with van der Waals surface area (Å²) < 4.78 is 5.87. The van der Waals surface area contributed by atoms with Crippen molar-refractivity contribution in [3.8, 4) is 17.0 Å². The van der Waals surface area contributed by atoms with Gasteiger partial charge in [-0.3, -0.25) is 0 Å². The zero-order valence-corrected chi connectivity index (χ0v) is 18.7. The Morgan fingerprint density at radius 2 is 2.13 bits per heavy atom. The van der Waals surface area contributed by atoms with Crippen LogP contribution in [-0.4, -0.2) is 36.0 Å². The monoisotopic (exact) mass is 423 g/mol. The van der Waals surface area contributed by atoms with Crippen LogP contribution in [0.25, 0.3) is 21.5 Å². The van der Waals surface area contributed by atoms with Crippen LogP contribution in [0.2, 0.25) is 0 Å². The number of nitrogens with one attached hydrogen (secondary N) is 2. The van der Waals surface area contributed by atoms with Crippen molar-refractivity contribution in [1.29, 1.82) is 0 Å². The fraction of sp³-hybridized carbons (Fsp3) is 0.478. The molecule has 6 nitrogen and oxygen atoms in total. The minimum Gasteiger partial charge on any atom is -0.489 e. The van der Waals surface area contributed by atoms with Crippen molar-refractivity contribution >= 4 is 33.7 Å². The van der Waals surface area contributed by atoms with E-state index in [-0.39, 0.29) is 0 Å². The molecular formula is C23H29N5OS. The summed E-state index contributed by atoms with van der Waals surface area (Å²) >= 11 is 1.95. The van der Waals surface area contributed by atoms with Crippen molar-refractivity contribution in [1.82, 2.24) is 15.3 Å². The van der Waals surface area contributed by atoms with Crippen LogP contribution < -0.4 is 15.8 Å². The zero-order chi connectivity index (χ0) is 20.8. The van der Waals surface area contributed by atoms with Gasteiger partial charge in [-0.15, -0.1) is 11.3 Å². The predicted octanol–water partition coefficient (Wildman–Crippen LogP) is 4.74. The van der Waals surface area contributed by atoms with Gasteiger partial charge >= 0.3 is 0 Å². The van der Waals surface area contributed by atoms with Gasteiger partial charge in [0.25, 0.3) is 0 Å². The van der Waals surface area contributed by atoms with Crippen molar-refractivity contribution in [2.45, 2.75) is 51.9 Å². The first-order valence-corrected chi connectivity index (χ1v) is 11.7. The summed E-state index contributed by atoms with van der Waals surface area (Å²) in [6, 6.07) is 0. The van der Waals surface area contributed by atoms with Crippen LogP contribution in [0.1, 0.15) is 60.1 Å². The topological polar surface area (TPSA) is 88.3 Å². The lowest BCUT2D eigenvalue weighted by Crippen LogP contribution is -2.26. The number of fused-ring (bicyclic) bond motifs is 2. The van der Waals surface area contributed by atoms with Crippen LogP contribution in [0.3, 0.4) is 0 Å². The molecule has 0 aromatic carbocycles. The molecule has 7 heteroatoms. The molecule has 30 heavy (non-hydrogen) atoms. The first kappa shape index (κ1) is 19.6. The number of rotatable bonds is 4. The molecule has 3 aromatic heterocycles. The third kappa shape index (κ3) is 3.03. The first-order valence-electron chi connectivity index (χ1n) is 10.8. The smallest absolute Gasteiger partial charge is 0.196 e. The molecule has 0 radical (unpaired) electrons. The molecule has 1 saturated heterocycles. The molecule has 0 atom stereocenters. The number of aryl methyl sites for hydroxylation is 1. The Labute approximate surface area is 181 Å². The zero-order valence-electron chi connectivity index (χ0n) is 17.8. The average molecular weight is 424 g/mol. The fourth-order valence-electron chi connectivity index (χ4n) is 5.07. The van der Waals surface area contributed by atoms with Gasteiger partial charge in [0.1, 0.15) is 4.83 Å². The molecule has 3 aromatic rings. The normalized spacial score (nSPS) is 17.3. The largest absolute Gasteiger partial charge is 0.489 e. The van der Waals surface area contributed by atoms with E-state index < -0.39 is 0 Å². The van der Waals surface area contributed by atoms with Crippen molar-refractivity contribution in [3.63, 3.8) is 0 Å². The summed E-state index contributed by atoms with van der Waals surface area (Å²) in [5.74, 6) is 2.42. The van der Waals surface area contributed by atoms with Crippen LogP contribution in [0.15, 0.2) is 11.2 Å². The molecule has 0 amide bonds. The number of aliphatic imine (C=N–C) groups is 1. The van der Waals surface area contributed by atoms with E-state index in [1.54, 1.807) is 4.88 Å². The highest BCUT2D eigenvalue weighted by molar-refractivity contribution is 7.19. The minimum atomic E-state index is 0.405. The highest BCUT2D eigenvalue weighted by Gasteiger charge is 2.29. The molecular weight excluding hydrogens is 394 g/mol. The van der Waals surface area contributed by atoms with Crippen LogP contribution in [-0.2, 0) is 6.42 Å². The number of ether oxygens (including phenoxy) is 1. The summed E-state index contributed by atoms with van der Waals surface area (Å²) in [7, 11) is 0. The van der Waals surface area contributed by atoms with E-state index in [4.69, 9.17) is 10.5 Å². The molecule has 5 heterocycles. The third-order valence-electron chi connectivity index (χ3n) is 6.43. The average Bonchev–Trinajstić information content (AvgIpc) is 3.44. The Bertz CT molecular complexity index is 1120. The summed E-state index contributed by atoms with van der Waals surface area (Å²) in [6.07, 6.45) is 6.53. The standard InChI is InChI=1S/C23H29N5OS/c1-12(2)17-18-13(3)21(14-4-7-25-8-5-14)30-23(18)28-19(17)16-10-26-22(27-11-24)20-15(16)6-9-29-20/h10-12,14,25,28H,4-9H2,1-3H3,(H2,24,26,27). The Morgan fingerprint density at radius 3 is 2.87 bits per heavy atom. The number of aromatic nitrogens is 2. The number of pyridine rings is 1. The number of hydrogen-bond donors (Lipinski definition) is 3. The van der Waals surface area contributed by atoms with Gasteiger partial charge in [-0.2, -0.15) is 0 Å². The molecule has 158 valence electrons. The lowest BCUT2D eigenvalue weighted by Gasteiger charge is -2.22. The highest BCUT2D eigenvalue weighted by atomic mass is 32.1. The molecule has 0 saturated carbocycles. The maximum Gasteiger partial charge on any atom is 0.196 e. The van der Waals surface area contributed by atoms with E-state index in [9.17, 15) is 0 Å². The molecule has 0 aliphatic carbocycles.